The molecular formula is C26H44O4. The Balaban J connectivity index is 1.61. The van der Waals surface area contributed by atoms with E-state index in [1.807, 2.05) is 0 Å². The molecule has 172 valence electrons. The molecule has 4 nitrogen and oxygen atoms in total. The molecule has 0 aliphatic heterocycles. The molecule has 0 saturated heterocycles. The smallest absolute Gasteiger partial charge is 0.303 e. The normalized spacial score (nSPS) is 51.5. The first-order valence-electron chi connectivity index (χ1n) is 12.7. The molecule has 4 aliphatic carbocycles. The zero-order chi connectivity index (χ0) is 21.8. The van der Waals surface area contributed by atoms with Gasteiger partial charge < -0.3 is 15.3 Å². The average molecular weight is 421 g/mol. The lowest BCUT2D eigenvalue weighted by atomic mass is 9.41. The molecule has 0 aromatic heterocycles. The van der Waals surface area contributed by atoms with Crippen LogP contribution in [0.5, 0.6) is 0 Å². The lowest BCUT2D eigenvalue weighted by Crippen LogP contribution is -2.62. The number of aliphatic carboxylic acids is 1. The van der Waals surface area contributed by atoms with E-state index in [-0.39, 0.29) is 29.5 Å². The van der Waals surface area contributed by atoms with Crippen LogP contribution in [0.4, 0.5) is 0 Å². The van der Waals surface area contributed by atoms with E-state index < -0.39 is 5.97 Å². The number of hydrogen-bond acceptors (Lipinski definition) is 3. The van der Waals surface area contributed by atoms with Crippen LogP contribution in [-0.2, 0) is 4.79 Å². The monoisotopic (exact) mass is 420 g/mol. The van der Waals surface area contributed by atoms with Crippen molar-refractivity contribution in [2.45, 2.75) is 104 Å². The second kappa shape index (κ2) is 8.06. The van der Waals surface area contributed by atoms with Crippen LogP contribution in [-0.4, -0.2) is 33.5 Å². The van der Waals surface area contributed by atoms with Crippen LogP contribution in [0.2, 0.25) is 0 Å². The molecule has 0 aromatic rings. The Labute approximate surface area is 182 Å². The fraction of sp³-hybridized carbons (Fsp3) is 0.962. The fourth-order valence-corrected chi connectivity index (χ4v) is 9.48. The number of hydrogen-bond donors (Lipinski definition) is 3. The minimum atomic E-state index is -0.683. The minimum Gasteiger partial charge on any atom is -0.481 e. The van der Waals surface area contributed by atoms with E-state index >= 15 is 0 Å². The van der Waals surface area contributed by atoms with E-state index in [0.29, 0.717) is 41.4 Å². The van der Waals surface area contributed by atoms with E-state index in [0.717, 1.165) is 32.1 Å². The van der Waals surface area contributed by atoms with Crippen molar-refractivity contribution in [2.75, 3.05) is 0 Å². The molecule has 4 fully saturated rings. The first kappa shape index (κ1) is 22.6. The van der Waals surface area contributed by atoms with Gasteiger partial charge >= 0.3 is 5.97 Å². The van der Waals surface area contributed by atoms with Crippen LogP contribution in [0.1, 0.15) is 91.9 Å². The molecule has 3 N–H and O–H groups in total. The van der Waals surface area contributed by atoms with Gasteiger partial charge in [0.15, 0.2) is 0 Å². The zero-order valence-corrected chi connectivity index (χ0v) is 19.5. The summed E-state index contributed by atoms with van der Waals surface area (Å²) in [4.78, 5) is 11.1. The molecule has 0 aromatic carbocycles. The minimum absolute atomic E-state index is 0.194. The number of aliphatic hydroxyl groups is 2. The number of carboxylic acids is 1. The van der Waals surface area contributed by atoms with Crippen molar-refractivity contribution >= 4 is 5.97 Å². The number of rotatable bonds is 5. The lowest BCUT2D eigenvalue weighted by Gasteiger charge is -2.64. The van der Waals surface area contributed by atoms with Crippen molar-refractivity contribution < 1.29 is 20.1 Å². The SMILES string of the molecule is CC[C@@H]1C(O)C2C3CCC([C@H](C)CCC(=O)O)[C@@]3(C)CCC2[C@@]2(C)CC[C@@H](O)CC12. The third-order valence-electron chi connectivity index (χ3n) is 11.0. The summed E-state index contributed by atoms with van der Waals surface area (Å²) in [6, 6.07) is 0. The van der Waals surface area contributed by atoms with Gasteiger partial charge in [-0.25, -0.2) is 0 Å². The second-order valence-corrected chi connectivity index (χ2v) is 12.0. The van der Waals surface area contributed by atoms with Gasteiger partial charge in [0, 0.05) is 6.42 Å². The van der Waals surface area contributed by atoms with Gasteiger partial charge in [-0.05, 0) is 104 Å². The van der Waals surface area contributed by atoms with E-state index in [9.17, 15) is 15.0 Å². The summed E-state index contributed by atoms with van der Waals surface area (Å²) in [5.74, 6) is 2.58. The molecule has 0 radical (unpaired) electrons. The molecule has 0 spiro atoms. The van der Waals surface area contributed by atoms with Crippen molar-refractivity contribution in [3.8, 4) is 0 Å². The largest absolute Gasteiger partial charge is 0.481 e. The fourth-order valence-electron chi connectivity index (χ4n) is 9.48. The summed E-state index contributed by atoms with van der Waals surface area (Å²) in [7, 11) is 0. The molecule has 30 heavy (non-hydrogen) atoms. The maximum absolute atomic E-state index is 11.7. The van der Waals surface area contributed by atoms with Gasteiger partial charge in [0.25, 0.3) is 0 Å². The quantitative estimate of drug-likeness (QED) is 0.577. The van der Waals surface area contributed by atoms with Crippen molar-refractivity contribution in [2.24, 2.45) is 52.3 Å². The van der Waals surface area contributed by atoms with E-state index in [1.54, 1.807) is 0 Å². The number of fused-ring (bicyclic) bond motifs is 5. The Kier molecular flexibility index (Phi) is 6.07. The third kappa shape index (κ3) is 3.36. The molecule has 4 saturated carbocycles. The molecule has 0 amide bonds. The van der Waals surface area contributed by atoms with E-state index in [4.69, 9.17) is 5.11 Å². The van der Waals surface area contributed by atoms with Crippen LogP contribution in [0.15, 0.2) is 0 Å². The van der Waals surface area contributed by atoms with E-state index in [1.165, 1.54) is 25.7 Å². The van der Waals surface area contributed by atoms with Gasteiger partial charge in [-0.3, -0.25) is 4.79 Å². The zero-order valence-electron chi connectivity index (χ0n) is 19.5. The standard InChI is InChI=1S/C26H44O4/c1-5-17-21-14-16(27)10-12-26(21,4)20-11-13-25(3)18(15(2)6-9-22(28)29)7-8-19(25)23(20)24(17)30/h15-21,23-24,27,30H,5-14H2,1-4H3,(H,28,29)/t15-,16-,17+,18?,19?,20?,21?,23?,24?,25-,26-/m1/s1. The van der Waals surface area contributed by atoms with Gasteiger partial charge in [0.05, 0.1) is 12.2 Å². The Morgan fingerprint density at radius 3 is 2.33 bits per heavy atom. The van der Waals surface area contributed by atoms with Gasteiger partial charge in [0.1, 0.15) is 0 Å². The van der Waals surface area contributed by atoms with Crippen LogP contribution in [0.3, 0.4) is 0 Å². The summed E-state index contributed by atoms with van der Waals surface area (Å²) < 4.78 is 0. The predicted octanol–water partition coefficient (Wildman–Crippen LogP) is 5.11. The van der Waals surface area contributed by atoms with Gasteiger partial charge in [-0.1, -0.05) is 34.1 Å². The maximum Gasteiger partial charge on any atom is 0.303 e. The molecule has 4 heteroatoms. The first-order valence-corrected chi connectivity index (χ1v) is 12.7. The molecule has 0 heterocycles. The van der Waals surface area contributed by atoms with Crippen molar-refractivity contribution in [3.63, 3.8) is 0 Å². The van der Waals surface area contributed by atoms with Crippen LogP contribution in [0.25, 0.3) is 0 Å². The summed E-state index contributed by atoms with van der Waals surface area (Å²) >= 11 is 0. The summed E-state index contributed by atoms with van der Waals surface area (Å²) in [6.07, 6.45) is 9.27. The van der Waals surface area contributed by atoms with Crippen LogP contribution in [0, 0.1) is 52.3 Å². The molecule has 4 rings (SSSR count). The highest BCUT2D eigenvalue weighted by atomic mass is 16.4. The van der Waals surface area contributed by atoms with Gasteiger partial charge in [-0.15, -0.1) is 0 Å². The third-order valence-corrected chi connectivity index (χ3v) is 11.0. The summed E-state index contributed by atoms with van der Waals surface area (Å²) in [5.41, 5.74) is 0.480. The number of carboxylic acid groups (broad SMARTS) is 1. The second-order valence-electron chi connectivity index (χ2n) is 12.0. The average Bonchev–Trinajstić information content (AvgIpc) is 3.05. The maximum atomic E-state index is 11.7. The van der Waals surface area contributed by atoms with E-state index in [2.05, 4.69) is 27.7 Å². The molecular weight excluding hydrogens is 376 g/mol. The topological polar surface area (TPSA) is 77.8 Å². The molecule has 6 unspecified atom stereocenters. The predicted molar refractivity (Wildman–Crippen MR) is 118 cm³/mol. The Hall–Kier alpha value is -0.610. The van der Waals surface area contributed by atoms with Crippen LogP contribution >= 0.6 is 0 Å². The highest BCUT2D eigenvalue weighted by Gasteiger charge is 2.64. The summed E-state index contributed by atoms with van der Waals surface area (Å²) in [5, 5.41) is 31.3. The summed E-state index contributed by atoms with van der Waals surface area (Å²) in [6.45, 7) is 9.44. The van der Waals surface area contributed by atoms with Crippen molar-refractivity contribution in [3.05, 3.63) is 0 Å². The molecule has 11 atom stereocenters. The number of carbonyl (C=O) groups is 1. The van der Waals surface area contributed by atoms with Gasteiger partial charge in [0.2, 0.25) is 0 Å². The lowest BCUT2D eigenvalue weighted by molar-refractivity contribution is -0.203. The highest BCUT2D eigenvalue weighted by molar-refractivity contribution is 5.66. The number of aliphatic hydroxyl groups excluding tert-OH is 2. The Morgan fingerprint density at radius 1 is 1.00 bits per heavy atom. The molecule has 0 bridgehead atoms. The van der Waals surface area contributed by atoms with Crippen LogP contribution < -0.4 is 0 Å². The van der Waals surface area contributed by atoms with Crippen molar-refractivity contribution in [1.29, 1.82) is 0 Å². The highest BCUT2D eigenvalue weighted by Crippen LogP contribution is 2.69. The Bertz CT molecular complexity index is 649. The van der Waals surface area contributed by atoms with Crippen molar-refractivity contribution in [1.82, 2.24) is 0 Å². The van der Waals surface area contributed by atoms with Gasteiger partial charge in [-0.2, -0.15) is 0 Å². The Morgan fingerprint density at radius 2 is 1.67 bits per heavy atom. The first-order chi connectivity index (χ1) is 14.1. The molecule has 4 aliphatic rings.